The van der Waals surface area contributed by atoms with E-state index in [0.29, 0.717) is 0 Å². The molecule has 0 unspecified atom stereocenters. The highest BCUT2D eigenvalue weighted by atomic mass is 79.9. The summed E-state index contributed by atoms with van der Waals surface area (Å²) >= 11 is 3.71. The Morgan fingerprint density at radius 1 is 0.571 bits per heavy atom. The minimum atomic E-state index is -0.0236. The first-order chi connectivity index (χ1) is 17.0. The maximum atomic E-state index is 3.71. The maximum Gasteiger partial charge on any atom is 0.0541 e. The van der Waals surface area contributed by atoms with E-state index in [4.69, 9.17) is 0 Å². The predicted octanol–water partition coefficient (Wildman–Crippen LogP) is 9.52. The summed E-state index contributed by atoms with van der Waals surface area (Å²) in [5.41, 5.74) is 11.6. The van der Waals surface area contributed by atoms with Crippen LogP contribution in [0.5, 0.6) is 0 Å². The van der Waals surface area contributed by atoms with Crippen molar-refractivity contribution >= 4 is 37.7 Å². The third-order valence-electron chi connectivity index (χ3n) is 7.66. The van der Waals surface area contributed by atoms with Gasteiger partial charge in [0.15, 0.2) is 0 Å². The van der Waals surface area contributed by atoms with E-state index in [0.717, 1.165) is 4.47 Å². The monoisotopic (exact) mass is 513 g/mol. The van der Waals surface area contributed by atoms with Crippen molar-refractivity contribution in [2.24, 2.45) is 0 Å². The molecule has 168 valence electrons. The lowest BCUT2D eigenvalue weighted by atomic mass is 9.82. The van der Waals surface area contributed by atoms with E-state index in [9.17, 15) is 0 Å². The third-order valence-corrected chi connectivity index (χ3v) is 8.15. The summed E-state index contributed by atoms with van der Waals surface area (Å²) in [4.78, 5) is 0. The molecule has 5 aromatic carbocycles. The van der Waals surface area contributed by atoms with Crippen molar-refractivity contribution in [1.29, 1.82) is 0 Å². The number of hydrogen-bond acceptors (Lipinski definition) is 0. The molecule has 0 amide bonds. The number of halogens is 1. The van der Waals surface area contributed by atoms with E-state index in [1.54, 1.807) is 0 Å². The minimum Gasteiger partial charge on any atom is -0.309 e. The molecule has 1 aromatic heterocycles. The standard InChI is InChI=1S/C33H24BrN/c1-33(2)29-11-7-6-10-25(29)26-15-14-24(20-30(26)33)35-31-16-12-22(21-8-4-3-5-9-21)18-27(31)28-19-23(34)13-17-32(28)35/h3-20H,1-2H3. The van der Waals surface area contributed by atoms with Crippen molar-refractivity contribution < 1.29 is 0 Å². The van der Waals surface area contributed by atoms with Crippen LogP contribution in [0.2, 0.25) is 0 Å². The van der Waals surface area contributed by atoms with Crippen molar-refractivity contribution in [3.63, 3.8) is 0 Å². The van der Waals surface area contributed by atoms with E-state index in [-0.39, 0.29) is 5.41 Å². The van der Waals surface area contributed by atoms with Crippen LogP contribution in [0.3, 0.4) is 0 Å². The van der Waals surface area contributed by atoms with Crippen LogP contribution < -0.4 is 0 Å². The first-order valence-electron chi connectivity index (χ1n) is 12.1. The molecular formula is C33H24BrN. The first kappa shape index (κ1) is 20.7. The van der Waals surface area contributed by atoms with Gasteiger partial charge in [0, 0.05) is 26.3 Å². The van der Waals surface area contributed by atoms with Gasteiger partial charge in [0.1, 0.15) is 0 Å². The zero-order valence-corrected chi connectivity index (χ0v) is 21.3. The van der Waals surface area contributed by atoms with Gasteiger partial charge in [-0.15, -0.1) is 0 Å². The van der Waals surface area contributed by atoms with E-state index in [1.807, 2.05) is 0 Å². The highest BCUT2D eigenvalue weighted by Gasteiger charge is 2.35. The summed E-state index contributed by atoms with van der Waals surface area (Å²) in [6, 6.07) is 39.9. The summed E-state index contributed by atoms with van der Waals surface area (Å²) in [5, 5.41) is 2.53. The molecule has 1 aliphatic rings. The van der Waals surface area contributed by atoms with Crippen molar-refractivity contribution in [3.05, 3.63) is 125 Å². The average molecular weight is 514 g/mol. The Morgan fingerprint density at radius 2 is 1.26 bits per heavy atom. The number of nitrogens with zero attached hydrogens (tertiary/aromatic N) is 1. The summed E-state index contributed by atoms with van der Waals surface area (Å²) < 4.78 is 3.52. The molecule has 1 nitrogen and oxygen atoms in total. The Labute approximate surface area is 213 Å². The number of hydrogen-bond donors (Lipinski definition) is 0. The molecule has 6 aromatic rings. The fourth-order valence-electron chi connectivity index (χ4n) is 5.92. The number of rotatable bonds is 2. The van der Waals surface area contributed by atoms with Crippen molar-refractivity contribution in [2.75, 3.05) is 0 Å². The van der Waals surface area contributed by atoms with Gasteiger partial charge < -0.3 is 4.57 Å². The molecule has 0 spiro atoms. The smallest absolute Gasteiger partial charge is 0.0541 e. The molecule has 0 bridgehead atoms. The number of aromatic nitrogens is 1. The van der Waals surface area contributed by atoms with Crippen molar-refractivity contribution in [3.8, 4) is 27.9 Å². The fraction of sp³-hybridized carbons (Fsp3) is 0.0909. The first-order valence-corrected chi connectivity index (χ1v) is 12.9. The van der Waals surface area contributed by atoms with Gasteiger partial charge in [-0.25, -0.2) is 0 Å². The molecular weight excluding hydrogens is 490 g/mol. The Bertz CT molecular complexity index is 1770. The molecule has 1 heterocycles. The van der Waals surface area contributed by atoms with Crippen LogP contribution in [0.1, 0.15) is 25.0 Å². The second-order valence-electron chi connectivity index (χ2n) is 10.00. The van der Waals surface area contributed by atoms with Gasteiger partial charge >= 0.3 is 0 Å². The number of fused-ring (bicyclic) bond motifs is 6. The summed E-state index contributed by atoms with van der Waals surface area (Å²) in [7, 11) is 0. The second-order valence-corrected chi connectivity index (χ2v) is 10.9. The van der Waals surface area contributed by atoms with Gasteiger partial charge in [0.05, 0.1) is 11.0 Å². The Kier molecular flexibility index (Phi) is 4.40. The van der Waals surface area contributed by atoms with Crippen LogP contribution in [0.4, 0.5) is 0 Å². The fourth-order valence-corrected chi connectivity index (χ4v) is 6.28. The highest BCUT2D eigenvalue weighted by Crippen LogP contribution is 2.49. The Balaban J connectivity index is 1.50. The molecule has 0 saturated carbocycles. The highest BCUT2D eigenvalue weighted by molar-refractivity contribution is 9.10. The van der Waals surface area contributed by atoms with E-state index < -0.39 is 0 Å². The van der Waals surface area contributed by atoms with E-state index >= 15 is 0 Å². The van der Waals surface area contributed by atoms with Crippen LogP contribution in [-0.2, 0) is 5.41 Å². The molecule has 0 atom stereocenters. The maximum absolute atomic E-state index is 3.71. The molecule has 0 aliphatic heterocycles. The van der Waals surface area contributed by atoms with Crippen LogP contribution in [0.25, 0.3) is 49.7 Å². The van der Waals surface area contributed by atoms with Crippen LogP contribution in [0.15, 0.2) is 114 Å². The molecule has 0 radical (unpaired) electrons. The van der Waals surface area contributed by atoms with E-state index in [2.05, 4.69) is 144 Å². The normalized spacial score (nSPS) is 13.8. The molecule has 7 rings (SSSR count). The molecule has 0 fully saturated rings. The topological polar surface area (TPSA) is 4.93 Å². The summed E-state index contributed by atoms with van der Waals surface area (Å²) in [5.74, 6) is 0. The lowest BCUT2D eigenvalue weighted by molar-refractivity contribution is 0.660. The molecule has 35 heavy (non-hydrogen) atoms. The Morgan fingerprint density at radius 3 is 2.09 bits per heavy atom. The van der Waals surface area contributed by atoms with Gasteiger partial charge in [0.2, 0.25) is 0 Å². The number of benzene rings is 5. The lowest BCUT2D eigenvalue weighted by Gasteiger charge is -2.22. The van der Waals surface area contributed by atoms with Gasteiger partial charge in [-0.1, -0.05) is 96.5 Å². The van der Waals surface area contributed by atoms with Gasteiger partial charge in [-0.3, -0.25) is 0 Å². The SMILES string of the molecule is CC1(C)c2ccccc2-c2ccc(-n3c4ccc(Br)cc4c4cc(-c5ccccc5)ccc43)cc21. The molecule has 1 aliphatic carbocycles. The van der Waals surface area contributed by atoms with Crippen LogP contribution in [0, 0.1) is 0 Å². The largest absolute Gasteiger partial charge is 0.309 e. The van der Waals surface area contributed by atoms with Gasteiger partial charge in [0.25, 0.3) is 0 Å². The minimum absolute atomic E-state index is 0.0236. The van der Waals surface area contributed by atoms with Crippen LogP contribution >= 0.6 is 15.9 Å². The zero-order valence-electron chi connectivity index (χ0n) is 19.7. The molecule has 0 saturated heterocycles. The third kappa shape index (κ3) is 3.00. The summed E-state index contributed by atoms with van der Waals surface area (Å²) in [6.45, 7) is 4.69. The lowest BCUT2D eigenvalue weighted by Crippen LogP contribution is -2.15. The predicted molar refractivity (Wildman–Crippen MR) is 151 cm³/mol. The summed E-state index contributed by atoms with van der Waals surface area (Å²) in [6.07, 6.45) is 0. The van der Waals surface area contributed by atoms with Crippen LogP contribution in [-0.4, -0.2) is 4.57 Å². The molecule has 2 heteroatoms. The second kappa shape index (κ2) is 7.44. The van der Waals surface area contributed by atoms with Crippen molar-refractivity contribution in [2.45, 2.75) is 19.3 Å². The molecule has 0 N–H and O–H groups in total. The Hall–Kier alpha value is -3.62. The van der Waals surface area contributed by atoms with E-state index in [1.165, 1.54) is 60.9 Å². The quantitative estimate of drug-likeness (QED) is 0.217. The van der Waals surface area contributed by atoms with Gasteiger partial charge in [-0.2, -0.15) is 0 Å². The van der Waals surface area contributed by atoms with Gasteiger partial charge in [-0.05, 0) is 75.8 Å². The zero-order chi connectivity index (χ0) is 23.7. The average Bonchev–Trinajstić information content (AvgIpc) is 3.33. The van der Waals surface area contributed by atoms with Crippen molar-refractivity contribution in [1.82, 2.24) is 4.57 Å².